The first-order valence-electron chi connectivity index (χ1n) is 10.9. The largest absolute Gasteiger partial charge is 0.336 e. The molecule has 8 heteroatoms. The van der Waals surface area contributed by atoms with Crippen LogP contribution >= 0.6 is 23.2 Å². The van der Waals surface area contributed by atoms with Crippen molar-refractivity contribution in [3.63, 3.8) is 0 Å². The first-order valence-corrected chi connectivity index (χ1v) is 13.1. The van der Waals surface area contributed by atoms with E-state index >= 15 is 0 Å². The number of halogens is 2. The summed E-state index contributed by atoms with van der Waals surface area (Å²) in [5.41, 5.74) is 3.31. The molecule has 5 nitrogen and oxygen atoms in total. The maximum absolute atomic E-state index is 13.5. The number of amides is 1. The number of carbonyl (C=O) groups excluding carboxylic acids is 1. The fraction of sp³-hybridized carbons (Fsp3) is 0.192. The van der Waals surface area contributed by atoms with Crippen molar-refractivity contribution in [1.82, 2.24) is 9.62 Å². The number of allylic oxidation sites excluding steroid dienone is 1. The first-order chi connectivity index (χ1) is 16.3. The Hall–Kier alpha value is -2.64. The predicted octanol–water partition coefficient (Wildman–Crippen LogP) is 5.02. The quantitative estimate of drug-likeness (QED) is 0.450. The molecule has 0 spiro atoms. The molecule has 0 saturated heterocycles. The van der Waals surface area contributed by atoms with Gasteiger partial charge in [-0.3, -0.25) is 4.79 Å². The van der Waals surface area contributed by atoms with Crippen molar-refractivity contribution in [2.24, 2.45) is 0 Å². The summed E-state index contributed by atoms with van der Waals surface area (Å²) in [5, 5.41) is -0.0160. The SMILES string of the molecule is O=C(C(/C=C/Cc1ccccc1)NS(=O)(=O)c1c(Cl)cccc1Cl)N1CCc2ccccc2C1. The highest BCUT2D eigenvalue weighted by Crippen LogP contribution is 2.29. The van der Waals surface area contributed by atoms with Crippen LogP contribution in [0.3, 0.4) is 0 Å². The van der Waals surface area contributed by atoms with Crippen molar-refractivity contribution in [2.45, 2.75) is 30.3 Å². The van der Waals surface area contributed by atoms with E-state index in [9.17, 15) is 13.2 Å². The third-order valence-corrected chi connectivity index (χ3v) is 8.10. The van der Waals surface area contributed by atoms with Crippen LogP contribution in [0.25, 0.3) is 0 Å². The van der Waals surface area contributed by atoms with E-state index in [0.29, 0.717) is 25.9 Å². The van der Waals surface area contributed by atoms with Crippen LogP contribution in [-0.4, -0.2) is 31.8 Å². The average Bonchev–Trinajstić information content (AvgIpc) is 2.83. The zero-order valence-electron chi connectivity index (χ0n) is 18.3. The van der Waals surface area contributed by atoms with Gasteiger partial charge in [-0.1, -0.05) is 96.0 Å². The molecule has 1 aliphatic heterocycles. The molecule has 0 fully saturated rings. The monoisotopic (exact) mass is 514 g/mol. The van der Waals surface area contributed by atoms with Crippen LogP contribution in [0.5, 0.6) is 0 Å². The lowest BCUT2D eigenvalue weighted by Crippen LogP contribution is -2.49. The molecule has 34 heavy (non-hydrogen) atoms. The third-order valence-electron chi connectivity index (χ3n) is 5.70. The second kappa shape index (κ2) is 10.7. The van der Waals surface area contributed by atoms with Gasteiger partial charge < -0.3 is 4.90 Å². The van der Waals surface area contributed by atoms with E-state index in [0.717, 1.165) is 11.1 Å². The van der Waals surface area contributed by atoms with E-state index in [4.69, 9.17) is 23.2 Å². The van der Waals surface area contributed by atoms with Gasteiger partial charge in [0.15, 0.2) is 0 Å². The van der Waals surface area contributed by atoms with Gasteiger partial charge in [0.25, 0.3) is 0 Å². The smallest absolute Gasteiger partial charge is 0.244 e. The predicted molar refractivity (Wildman–Crippen MR) is 135 cm³/mol. The second-order valence-electron chi connectivity index (χ2n) is 8.05. The molecule has 1 heterocycles. The minimum Gasteiger partial charge on any atom is -0.336 e. The number of hydrogen-bond donors (Lipinski definition) is 1. The van der Waals surface area contributed by atoms with Crippen LogP contribution in [0, 0.1) is 0 Å². The van der Waals surface area contributed by atoms with Crippen molar-refractivity contribution in [2.75, 3.05) is 6.54 Å². The van der Waals surface area contributed by atoms with Gasteiger partial charge in [-0.25, -0.2) is 8.42 Å². The summed E-state index contributed by atoms with van der Waals surface area (Å²) >= 11 is 12.3. The highest BCUT2D eigenvalue weighted by molar-refractivity contribution is 7.89. The van der Waals surface area contributed by atoms with Crippen molar-refractivity contribution in [3.8, 4) is 0 Å². The summed E-state index contributed by atoms with van der Waals surface area (Å²) in [4.78, 5) is 14.9. The van der Waals surface area contributed by atoms with E-state index in [1.165, 1.54) is 17.7 Å². The minimum absolute atomic E-state index is 0.00800. The van der Waals surface area contributed by atoms with Crippen LogP contribution in [0.1, 0.15) is 16.7 Å². The Bertz CT molecular complexity index is 1290. The van der Waals surface area contributed by atoms with Gasteiger partial charge in [0, 0.05) is 13.1 Å². The number of benzene rings is 3. The Morgan fingerprint density at radius 2 is 1.59 bits per heavy atom. The number of sulfonamides is 1. The highest BCUT2D eigenvalue weighted by Gasteiger charge is 2.31. The molecule has 1 amide bonds. The number of hydrogen-bond acceptors (Lipinski definition) is 3. The Kier molecular flexibility index (Phi) is 7.73. The van der Waals surface area contributed by atoms with Crippen LogP contribution in [-0.2, 0) is 34.2 Å². The third kappa shape index (κ3) is 5.70. The molecule has 4 rings (SSSR count). The van der Waals surface area contributed by atoms with Crippen LogP contribution in [0.4, 0.5) is 0 Å². The van der Waals surface area contributed by atoms with E-state index < -0.39 is 16.1 Å². The fourth-order valence-electron chi connectivity index (χ4n) is 3.97. The molecule has 0 aromatic heterocycles. The van der Waals surface area contributed by atoms with E-state index in [1.807, 2.05) is 48.5 Å². The summed E-state index contributed by atoms with van der Waals surface area (Å²) in [6.45, 7) is 0.931. The molecule has 1 unspecified atom stereocenters. The number of nitrogens with zero attached hydrogens (tertiary/aromatic N) is 1. The molecular weight excluding hydrogens is 491 g/mol. The van der Waals surface area contributed by atoms with Crippen LogP contribution < -0.4 is 4.72 Å². The van der Waals surface area contributed by atoms with Crippen molar-refractivity contribution in [1.29, 1.82) is 0 Å². The molecule has 0 aliphatic carbocycles. The van der Waals surface area contributed by atoms with Gasteiger partial charge in [-0.2, -0.15) is 4.72 Å². The summed E-state index contributed by atoms with van der Waals surface area (Å²) in [7, 11) is -4.17. The van der Waals surface area contributed by atoms with Gasteiger partial charge >= 0.3 is 0 Å². The summed E-state index contributed by atoms with van der Waals surface area (Å²) in [5.74, 6) is -0.328. The summed E-state index contributed by atoms with van der Waals surface area (Å²) < 4.78 is 29.0. The molecule has 0 radical (unpaired) electrons. The lowest BCUT2D eigenvalue weighted by molar-refractivity contribution is -0.132. The number of rotatable bonds is 7. The zero-order chi connectivity index (χ0) is 24.1. The van der Waals surface area contributed by atoms with Gasteiger partial charge in [0.05, 0.1) is 10.0 Å². The highest BCUT2D eigenvalue weighted by atomic mass is 35.5. The number of fused-ring (bicyclic) bond motifs is 1. The van der Waals surface area contributed by atoms with Crippen molar-refractivity contribution < 1.29 is 13.2 Å². The number of carbonyl (C=O) groups is 1. The van der Waals surface area contributed by atoms with E-state index in [-0.39, 0.29) is 20.8 Å². The Morgan fingerprint density at radius 1 is 0.941 bits per heavy atom. The summed E-state index contributed by atoms with van der Waals surface area (Å²) in [6, 6.07) is 21.0. The molecule has 1 N–H and O–H groups in total. The van der Waals surface area contributed by atoms with Crippen molar-refractivity contribution in [3.05, 3.63) is 112 Å². The van der Waals surface area contributed by atoms with Gasteiger partial charge in [0.2, 0.25) is 15.9 Å². The zero-order valence-corrected chi connectivity index (χ0v) is 20.7. The fourth-order valence-corrected chi connectivity index (χ4v) is 6.26. The van der Waals surface area contributed by atoms with Gasteiger partial charge in [-0.05, 0) is 41.7 Å². The summed E-state index contributed by atoms with van der Waals surface area (Å²) in [6.07, 6.45) is 4.66. The second-order valence-corrected chi connectivity index (χ2v) is 10.5. The van der Waals surface area contributed by atoms with Crippen molar-refractivity contribution >= 4 is 39.1 Å². The lowest BCUT2D eigenvalue weighted by Gasteiger charge is -2.31. The molecule has 1 atom stereocenters. The molecular formula is C26H24Cl2N2O3S. The van der Waals surface area contributed by atoms with E-state index in [1.54, 1.807) is 23.1 Å². The van der Waals surface area contributed by atoms with Crippen LogP contribution in [0.2, 0.25) is 10.0 Å². The molecule has 176 valence electrons. The van der Waals surface area contributed by atoms with Crippen LogP contribution in [0.15, 0.2) is 89.8 Å². The first kappa shape index (κ1) is 24.5. The maximum Gasteiger partial charge on any atom is 0.244 e. The Morgan fingerprint density at radius 3 is 2.29 bits per heavy atom. The molecule has 0 saturated carbocycles. The average molecular weight is 515 g/mol. The molecule has 3 aromatic carbocycles. The topological polar surface area (TPSA) is 66.5 Å². The maximum atomic E-state index is 13.5. The minimum atomic E-state index is -4.17. The Labute approximate surface area is 210 Å². The Balaban J connectivity index is 1.61. The van der Waals surface area contributed by atoms with Gasteiger partial charge in [-0.15, -0.1) is 0 Å². The molecule has 3 aromatic rings. The standard InChI is InChI=1S/C26H24Cl2N2O3S/c27-22-13-7-14-23(28)25(22)34(32,33)29-24(15-6-10-19-8-2-1-3-9-19)26(31)30-17-16-20-11-4-5-12-21(20)18-30/h1-9,11-15,24,29H,10,16-18H2/b15-6+. The molecule has 1 aliphatic rings. The lowest BCUT2D eigenvalue weighted by atomic mass is 9.99. The normalized spacial score (nSPS) is 14.7. The van der Waals surface area contributed by atoms with Gasteiger partial charge in [0.1, 0.15) is 10.9 Å². The number of nitrogens with one attached hydrogen (secondary N) is 1. The molecule has 0 bridgehead atoms. The van der Waals surface area contributed by atoms with E-state index in [2.05, 4.69) is 10.8 Å².